The first-order chi connectivity index (χ1) is 9.28. The Kier molecular flexibility index (Phi) is 3.22. The molecule has 0 unspecified atom stereocenters. The van der Waals surface area contributed by atoms with Crippen molar-refractivity contribution in [2.24, 2.45) is 0 Å². The van der Waals surface area contributed by atoms with Gasteiger partial charge in [-0.2, -0.15) is 0 Å². The van der Waals surface area contributed by atoms with Gasteiger partial charge in [-0.05, 0) is 29.8 Å². The number of hydrogen-bond acceptors (Lipinski definition) is 2. The molecule has 0 amide bonds. The molecule has 0 bridgehead atoms. The van der Waals surface area contributed by atoms with E-state index < -0.39 is 0 Å². The summed E-state index contributed by atoms with van der Waals surface area (Å²) in [5.41, 5.74) is 3.04. The van der Waals surface area contributed by atoms with Gasteiger partial charge in [0.25, 0.3) is 0 Å². The Balaban J connectivity index is 2.28. The first kappa shape index (κ1) is 12.2. The molecule has 1 aromatic heterocycles. The van der Waals surface area contributed by atoms with Gasteiger partial charge in [0, 0.05) is 15.4 Å². The summed E-state index contributed by atoms with van der Waals surface area (Å²) in [6, 6.07) is 18.3. The standard InChI is InChI=1S/C16H12BrNO/c1-19-16-14(11-5-3-2-4-6-11)10-12-9-13(17)7-8-15(12)18-16/h2-10H,1H3. The van der Waals surface area contributed by atoms with Crippen LogP contribution in [-0.4, -0.2) is 12.1 Å². The summed E-state index contributed by atoms with van der Waals surface area (Å²) in [7, 11) is 1.65. The number of benzene rings is 2. The second-order valence-electron chi connectivity index (χ2n) is 4.25. The van der Waals surface area contributed by atoms with Gasteiger partial charge < -0.3 is 4.74 Å². The fourth-order valence-corrected chi connectivity index (χ4v) is 2.49. The number of hydrogen-bond donors (Lipinski definition) is 0. The SMILES string of the molecule is COc1nc2ccc(Br)cc2cc1-c1ccccc1. The molecule has 0 radical (unpaired) electrons. The van der Waals surface area contributed by atoms with E-state index in [-0.39, 0.29) is 0 Å². The van der Waals surface area contributed by atoms with Gasteiger partial charge >= 0.3 is 0 Å². The summed E-state index contributed by atoms with van der Waals surface area (Å²) < 4.78 is 6.46. The van der Waals surface area contributed by atoms with E-state index in [2.05, 4.69) is 45.2 Å². The van der Waals surface area contributed by atoms with Gasteiger partial charge in [0.15, 0.2) is 0 Å². The minimum Gasteiger partial charge on any atom is -0.481 e. The van der Waals surface area contributed by atoms with Crippen molar-refractivity contribution in [3.63, 3.8) is 0 Å². The number of methoxy groups -OCH3 is 1. The van der Waals surface area contributed by atoms with Crippen LogP contribution in [0.25, 0.3) is 22.0 Å². The largest absolute Gasteiger partial charge is 0.481 e. The molecule has 0 spiro atoms. The lowest BCUT2D eigenvalue weighted by molar-refractivity contribution is 0.401. The highest BCUT2D eigenvalue weighted by molar-refractivity contribution is 9.10. The van der Waals surface area contributed by atoms with Crippen molar-refractivity contribution >= 4 is 26.8 Å². The highest BCUT2D eigenvalue weighted by atomic mass is 79.9. The second kappa shape index (κ2) is 5.02. The number of rotatable bonds is 2. The van der Waals surface area contributed by atoms with E-state index in [9.17, 15) is 0 Å². The van der Waals surface area contributed by atoms with Gasteiger partial charge in [-0.3, -0.25) is 0 Å². The lowest BCUT2D eigenvalue weighted by Crippen LogP contribution is -1.92. The van der Waals surface area contributed by atoms with Crippen LogP contribution < -0.4 is 4.74 Å². The van der Waals surface area contributed by atoms with E-state index in [0.29, 0.717) is 5.88 Å². The Morgan fingerprint density at radius 1 is 1.00 bits per heavy atom. The van der Waals surface area contributed by atoms with Gasteiger partial charge in [0.1, 0.15) is 0 Å². The minimum absolute atomic E-state index is 0.654. The molecule has 19 heavy (non-hydrogen) atoms. The third-order valence-electron chi connectivity index (χ3n) is 3.02. The van der Waals surface area contributed by atoms with Crippen LogP contribution in [0.4, 0.5) is 0 Å². The summed E-state index contributed by atoms with van der Waals surface area (Å²) >= 11 is 3.49. The molecule has 0 N–H and O–H groups in total. The Bertz CT molecular complexity index is 725. The van der Waals surface area contributed by atoms with Crippen LogP contribution in [0.1, 0.15) is 0 Å². The van der Waals surface area contributed by atoms with E-state index >= 15 is 0 Å². The fourth-order valence-electron chi connectivity index (χ4n) is 2.11. The maximum atomic E-state index is 5.42. The van der Waals surface area contributed by atoms with Crippen molar-refractivity contribution < 1.29 is 4.74 Å². The molecule has 0 aliphatic heterocycles. The number of ether oxygens (including phenoxy) is 1. The summed E-state index contributed by atoms with van der Waals surface area (Å²) in [5, 5.41) is 1.09. The van der Waals surface area contributed by atoms with Crippen molar-refractivity contribution in [2.75, 3.05) is 7.11 Å². The van der Waals surface area contributed by atoms with Gasteiger partial charge in [-0.15, -0.1) is 0 Å². The average molecular weight is 314 g/mol. The summed E-state index contributed by atoms with van der Waals surface area (Å²) in [6.07, 6.45) is 0. The van der Waals surface area contributed by atoms with Crippen LogP contribution >= 0.6 is 15.9 Å². The monoisotopic (exact) mass is 313 g/mol. The maximum Gasteiger partial charge on any atom is 0.221 e. The zero-order valence-corrected chi connectivity index (χ0v) is 12.0. The van der Waals surface area contributed by atoms with E-state index in [0.717, 1.165) is 26.5 Å². The molecular formula is C16H12BrNO. The smallest absolute Gasteiger partial charge is 0.221 e. The molecule has 0 atom stereocenters. The molecule has 94 valence electrons. The average Bonchev–Trinajstić information content (AvgIpc) is 2.46. The van der Waals surface area contributed by atoms with E-state index in [1.165, 1.54) is 0 Å². The molecule has 3 heteroatoms. The topological polar surface area (TPSA) is 22.1 Å². The molecule has 3 rings (SSSR count). The van der Waals surface area contributed by atoms with Crippen molar-refractivity contribution in [3.05, 3.63) is 59.1 Å². The second-order valence-corrected chi connectivity index (χ2v) is 5.16. The molecule has 2 aromatic carbocycles. The number of pyridine rings is 1. The molecule has 0 aliphatic rings. The van der Waals surface area contributed by atoms with Crippen LogP contribution in [0.15, 0.2) is 59.1 Å². The molecule has 0 aliphatic carbocycles. The number of halogens is 1. The van der Waals surface area contributed by atoms with Crippen molar-refractivity contribution in [2.45, 2.75) is 0 Å². The van der Waals surface area contributed by atoms with Gasteiger partial charge in [0.2, 0.25) is 5.88 Å². The quantitative estimate of drug-likeness (QED) is 0.685. The van der Waals surface area contributed by atoms with Gasteiger partial charge in [0.05, 0.1) is 12.6 Å². The molecule has 0 saturated heterocycles. The predicted molar refractivity (Wildman–Crippen MR) is 81.4 cm³/mol. The molecule has 2 nitrogen and oxygen atoms in total. The zero-order valence-electron chi connectivity index (χ0n) is 10.4. The van der Waals surface area contributed by atoms with Crippen molar-refractivity contribution in [1.29, 1.82) is 0 Å². The Morgan fingerprint density at radius 2 is 1.79 bits per heavy atom. The first-order valence-corrected chi connectivity index (χ1v) is 6.77. The predicted octanol–water partition coefficient (Wildman–Crippen LogP) is 4.67. The highest BCUT2D eigenvalue weighted by Crippen LogP contribution is 2.32. The summed E-state index contributed by atoms with van der Waals surface area (Å²) in [5.74, 6) is 0.654. The normalized spacial score (nSPS) is 10.6. The van der Waals surface area contributed by atoms with Crippen LogP contribution in [0.5, 0.6) is 5.88 Å². The molecule has 3 aromatic rings. The van der Waals surface area contributed by atoms with Crippen LogP contribution in [0.3, 0.4) is 0 Å². The third-order valence-corrected chi connectivity index (χ3v) is 3.51. The number of fused-ring (bicyclic) bond motifs is 1. The lowest BCUT2D eigenvalue weighted by Gasteiger charge is -2.09. The lowest BCUT2D eigenvalue weighted by atomic mass is 10.0. The maximum absolute atomic E-state index is 5.42. The third kappa shape index (κ3) is 2.34. The number of aromatic nitrogens is 1. The highest BCUT2D eigenvalue weighted by Gasteiger charge is 2.09. The van der Waals surface area contributed by atoms with E-state index in [4.69, 9.17) is 4.74 Å². The van der Waals surface area contributed by atoms with Crippen LogP contribution in [0.2, 0.25) is 0 Å². The van der Waals surface area contributed by atoms with Crippen molar-refractivity contribution in [1.82, 2.24) is 4.98 Å². The Morgan fingerprint density at radius 3 is 2.53 bits per heavy atom. The van der Waals surface area contributed by atoms with Gasteiger partial charge in [-0.1, -0.05) is 46.3 Å². The van der Waals surface area contributed by atoms with E-state index in [1.54, 1.807) is 7.11 Å². The Hall–Kier alpha value is -1.87. The summed E-state index contributed by atoms with van der Waals surface area (Å²) in [6.45, 7) is 0. The molecular weight excluding hydrogens is 302 g/mol. The zero-order chi connectivity index (χ0) is 13.2. The first-order valence-electron chi connectivity index (χ1n) is 5.97. The van der Waals surface area contributed by atoms with Crippen LogP contribution in [0, 0.1) is 0 Å². The molecule has 1 heterocycles. The van der Waals surface area contributed by atoms with Crippen LogP contribution in [-0.2, 0) is 0 Å². The van der Waals surface area contributed by atoms with Crippen molar-refractivity contribution in [3.8, 4) is 17.0 Å². The fraction of sp³-hybridized carbons (Fsp3) is 0.0625. The van der Waals surface area contributed by atoms with Gasteiger partial charge in [-0.25, -0.2) is 4.98 Å². The molecule has 0 saturated carbocycles. The Labute approximate surface area is 120 Å². The molecule has 0 fully saturated rings. The minimum atomic E-state index is 0.654. The van der Waals surface area contributed by atoms with E-state index in [1.807, 2.05) is 30.3 Å². The number of nitrogens with zero attached hydrogens (tertiary/aromatic N) is 1. The summed E-state index contributed by atoms with van der Waals surface area (Å²) in [4.78, 5) is 4.57.